The molecule has 1 fully saturated rings. The van der Waals surface area contributed by atoms with E-state index in [1.54, 1.807) is 4.90 Å². The minimum Gasteiger partial charge on any atom is -0.311 e. The van der Waals surface area contributed by atoms with E-state index in [2.05, 4.69) is 5.32 Å². The van der Waals surface area contributed by atoms with E-state index < -0.39 is 0 Å². The molecule has 2 rings (SSSR count). The summed E-state index contributed by atoms with van der Waals surface area (Å²) in [6.45, 7) is 0.750. The number of likely N-dealkylation sites (tertiary alicyclic amines) is 1. The van der Waals surface area contributed by atoms with Gasteiger partial charge in [-0.3, -0.25) is 0 Å². The SMILES string of the molecule is NC1CCCN1C(=O)Nc1ccccc1. The molecule has 0 bridgehead atoms. The standard InChI is InChI=1S/C11H15N3O/c12-10-7-4-8-14(10)11(15)13-9-5-2-1-3-6-9/h1-3,5-6,10H,4,7-8,12H2,(H,13,15). The molecule has 15 heavy (non-hydrogen) atoms. The molecule has 0 spiro atoms. The third-order valence-electron chi connectivity index (χ3n) is 2.59. The Morgan fingerprint density at radius 2 is 2.13 bits per heavy atom. The number of para-hydroxylation sites is 1. The molecule has 1 unspecified atom stereocenters. The van der Waals surface area contributed by atoms with Gasteiger partial charge in [-0.15, -0.1) is 0 Å². The number of carbonyl (C=O) groups excluding carboxylic acids is 1. The molecule has 80 valence electrons. The average molecular weight is 205 g/mol. The number of rotatable bonds is 1. The maximum absolute atomic E-state index is 11.8. The molecule has 0 saturated carbocycles. The fourth-order valence-corrected chi connectivity index (χ4v) is 1.76. The Labute approximate surface area is 89.1 Å². The Bertz CT molecular complexity index is 339. The molecule has 4 heteroatoms. The molecule has 1 aliphatic heterocycles. The van der Waals surface area contributed by atoms with E-state index in [-0.39, 0.29) is 12.2 Å². The number of nitrogens with two attached hydrogens (primary N) is 1. The van der Waals surface area contributed by atoms with Crippen molar-refractivity contribution in [1.82, 2.24) is 4.90 Å². The zero-order valence-electron chi connectivity index (χ0n) is 8.52. The van der Waals surface area contributed by atoms with Gasteiger partial charge >= 0.3 is 6.03 Å². The van der Waals surface area contributed by atoms with Crippen LogP contribution >= 0.6 is 0 Å². The van der Waals surface area contributed by atoms with Crippen LogP contribution in [0.1, 0.15) is 12.8 Å². The summed E-state index contributed by atoms with van der Waals surface area (Å²) in [5.74, 6) is 0. The molecule has 1 aliphatic rings. The molecule has 1 saturated heterocycles. The van der Waals surface area contributed by atoms with Crippen LogP contribution in [0.4, 0.5) is 10.5 Å². The number of benzene rings is 1. The zero-order valence-corrected chi connectivity index (χ0v) is 8.52. The van der Waals surface area contributed by atoms with Gasteiger partial charge in [0.1, 0.15) is 0 Å². The van der Waals surface area contributed by atoms with Gasteiger partial charge in [0, 0.05) is 12.2 Å². The molecule has 3 N–H and O–H groups in total. The highest BCUT2D eigenvalue weighted by Crippen LogP contribution is 2.14. The Balaban J connectivity index is 1.98. The largest absolute Gasteiger partial charge is 0.323 e. The van der Waals surface area contributed by atoms with Crippen LogP contribution in [0.5, 0.6) is 0 Å². The summed E-state index contributed by atoms with van der Waals surface area (Å²) in [4.78, 5) is 13.4. The third kappa shape index (κ3) is 2.27. The van der Waals surface area contributed by atoms with Crippen LogP contribution in [0.3, 0.4) is 0 Å². The van der Waals surface area contributed by atoms with E-state index >= 15 is 0 Å². The first-order valence-electron chi connectivity index (χ1n) is 5.15. The molecular weight excluding hydrogens is 190 g/mol. The van der Waals surface area contributed by atoms with Gasteiger partial charge in [-0.1, -0.05) is 18.2 Å². The van der Waals surface area contributed by atoms with E-state index in [0.29, 0.717) is 0 Å². The lowest BCUT2D eigenvalue weighted by Gasteiger charge is -2.21. The maximum Gasteiger partial charge on any atom is 0.323 e. The van der Waals surface area contributed by atoms with Gasteiger partial charge in [0.05, 0.1) is 6.17 Å². The lowest BCUT2D eigenvalue weighted by molar-refractivity contribution is 0.208. The summed E-state index contributed by atoms with van der Waals surface area (Å²) in [6.07, 6.45) is 1.75. The molecule has 0 radical (unpaired) electrons. The first kappa shape index (κ1) is 9.98. The molecule has 1 heterocycles. The number of nitrogens with one attached hydrogen (secondary N) is 1. The van der Waals surface area contributed by atoms with Gasteiger partial charge in [-0.05, 0) is 25.0 Å². The summed E-state index contributed by atoms with van der Waals surface area (Å²) >= 11 is 0. The summed E-state index contributed by atoms with van der Waals surface area (Å²) < 4.78 is 0. The second-order valence-corrected chi connectivity index (χ2v) is 3.70. The minimum atomic E-state index is -0.131. The van der Waals surface area contributed by atoms with Crippen LogP contribution < -0.4 is 11.1 Å². The normalized spacial score (nSPS) is 20.3. The highest BCUT2D eigenvalue weighted by Gasteiger charge is 2.25. The molecule has 0 aliphatic carbocycles. The summed E-state index contributed by atoms with van der Waals surface area (Å²) in [5.41, 5.74) is 6.61. The maximum atomic E-state index is 11.8. The Morgan fingerprint density at radius 3 is 2.73 bits per heavy atom. The van der Waals surface area contributed by atoms with Crippen molar-refractivity contribution in [1.29, 1.82) is 0 Å². The van der Waals surface area contributed by atoms with Gasteiger partial charge in [-0.25, -0.2) is 4.79 Å². The number of carbonyl (C=O) groups is 1. The first-order valence-corrected chi connectivity index (χ1v) is 5.15. The number of hydrogen-bond acceptors (Lipinski definition) is 2. The van der Waals surface area contributed by atoms with Gasteiger partial charge in [-0.2, -0.15) is 0 Å². The number of hydrogen-bond donors (Lipinski definition) is 2. The smallest absolute Gasteiger partial charge is 0.311 e. The summed E-state index contributed by atoms with van der Waals surface area (Å²) in [7, 11) is 0. The van der Waals surface area contributed by atoms with Crippen molar-refractivity contribution in [2.24, 2.45) is 5.73 Å². The Kier molecular flexibility index (Phi) is 2.87. The van der Waals surface area contributed by atoms with Crippen molar-refractivity contribution < 1.29 is 4.79 Å². The second-order valence-electron chi connectivity index (χ2n) is 3.70. The highest BCUT2D eigenvalue weighted by atomic mass is 16.2. The van der Waals surface area contributed by atoms with Crippen LogP contribution in [0.2, 0.25) is 0 Å². The topological polar surface area (TPSA) is 58.4 Å². The number of amides is 2. The quantitative estimate of drug-likeness (QED) is 0.731. The van der Waals surface area contributed by atoms with E-state index in [1.807, 2.05) is 30.3 Å². The molecule has 1 aromatic rings. The predicted octanol–water partition coefficient (Wildman–Crippen LogP) is 1.60. The van der Waals surface area contributed by atoms with Crippen LogP contribution in [0.15, 0.2) is 30.3 Å². The molecule has 2 amide bonds. The molecule has 1 atom stereocenters. The van der Waals surface area contributed by atoms with Gasteiger partial charge in [0.25, 0.3) is 0 Å². The van der Waals surface area contributed by atoms with Crippen LogP contribution in [0.25, 0.3) is 0 Å². The summed E-state index contributed by atoms with van der Waals surface area (Å²) in [5, 5.41) is 2.82. The van der Waals surface area contributed by atoms with E-state index in [9.17, 15) is 4.79 Å². The fraction of sp³-hybridized carbons (Fsp3) is 0.364. The molecular formula is C11H15N3O. The van der Waals surface area contributed by atoms with Crippen molar-refractivity contribution in [2.45, 2.75) is 19.0 Å². The van der Waals surface area contributed by atoms with Crippen molar-refractivity contribution in [2.75, 3.05) is 11.9 Å². The number of anilines is 1. The average Bonchev–Trinajstić information content (AvgIpc) is 2.66. The van der Waals surface area contributed by atoms with Crippen molar-refractivity contribution in [3.05, 3.63) is 30.3 Å². The Hall–Kier alpha value is -1.55. The third-order valence-corrected chi connectivity index (χ3v) is 2.59. The van der Waals surface area contributed by atoms with Crippen LogP contribution in [0, 0.1) is 0 Å². The van der Waals surface area contributed by atoms with Crippen LogP contribution in [-0.2, 0) is 0 Å². The number of urea groups is 1. The lowest BCUT2D eigenvalue weighted by atomic mass is 10.3. The molecule has 4 nitrogen and oxygen atoms in total. The molecule has 1 aromatic carbocycles. The monoisotopic (exact) mass is 205 g/mol. The van der Waals surface area contributed by atoms with Crippen molar-refractivity contribution >= 4 is 11.7 Å². The Morgan fingerprint density at radius 1 is 1.40 bits per heavy atom. The molecule has 0 aromatic heterocycles. The van der Waals surface area contributed by atoms with E-state index in [1.165, 1.54) is 0 Å². The van der Waals surface area contributed by atoms with E-state index in [4.69, 9.17) is 5.73 Å². The lowest BCUT2D eigenvalue weighted by Crippen LogP contribution is -2.43. The van der Waals surface area contributed by atoms with Gasteiger partial charge in [0.15, 0.2) is 0 Å². The van der Waals surface area contributed by atoms with Crippen molar-refractivity contribution in [3.8, 4) is 0 Å². The van der Waals surface area contributed by atoms with Crippen molar-refractivity contribution in [3.63, 3.8) is 0 Å². The minimum absolute atomic E-state index is 0.105. The number of nitrogens with zero attached hydrogens (tertiary/aromatic N) is 1. The van der Waals surface area contributed by atoms with Gasteiger partial charge in [0.2, 0.25) is 0 Å². The predicted molar refractivity (Wildman–Crippen MR) is 59.4 cm³/mol. The van der Waals surface area contributed by atoms with Crippen LogP contribution in [-0.4, -0.2) is 23.6 Å². The fourth-order valence-electron chi connectivity index (χ4n) is 1.76. The van der Waals surface area contributed by atoms with Gasteiger partial charge < -0.3 is 16.0 Å². The highest BCUT2D eigenvalue weighted by molar-refractivity contribution is 5.89. The second kappa shape index (κ2) is 4.31. The first-order chi connectivity index (χ1) is 7.27. The summed E-state index contributed by atoms with van der Waals surface area (Å²) in [6, 6.07) is 9.31. The zero-order chi connectivity index (χ0) is 10.7. The van der Waals surface area contributed by atoms with E-state index in [0.717, 1.165) is 25.1 Å².